The second-order valence-corrected chi connectivity index (χ2v) is 9.74. The van der Waals surface area contributed by atoms with Crippen LogP contribution in [0.2, 0.25) is 0 Å². The summed E-state index contributed by atoms with van der Waals surface area (Å²) in [5, 5.41) is 5.69. The highest BCUT2D eigenvalue weighted by Gasteiger charge is 2.26. The molecule has 5 nitrogen and oxygen atoms in total. The predicted octanol–water partition coefficient (Wildman–Crippen LogP) is 6.59. The molecule has 0 spiro atoms. The third kappa shape index (κ3) is 4.75. The van der Waals surface area contributed by atoms with E-state index in [9.17, 15) is 9.59 Å². The first kappa shape index (κ1) is 23.0. The highest BCUT2D eigenvalue weighted by molar-refractivity contribution is 7.10. The van der Waals surface area contributed by atoms with Crippen molar-refractivity contribution in [3.63, 3.8) is 0 Å². The molecule has 1 N–H and O–H groups in total. The molecular weight excluding hydrogens is 456 g/mol. The van der Waals surface area contributed by atoms with Crippen LogP contribution in [-0.4, -0.2) is 23.5 Å². The van der Waals surface area contributed by atoms with Crippen LogP contribution in [0.1, 0.15) is 50.5 Å². The quantitative estimate of drug-likeness (QED) is 0.326. The van der Waals surface area contributed by atoms with Gasteiger partial charge in [-0.25, -0.2) is 9.78 Å². The molecule has 0 aliphatic heterocycles. The Balaban J connectivity index is 1.46. The monoisotopic (exact) mass is 482 g/mol. The molecule has 4 aromatic rings. The van der Waals surface area contributed by atoms with Crippen molar-refractivity contribution in [1.29, 1.82) is 0 Å². The largest absolute Gasteiger partial charge is 0.452 e. The Bertz CT molecular complexity index is 1430. The molecule has 0 radical (unpaired) electrons. The van der Waals surface area contributed by atoms with Gasteiger partial charge in [-0.3, -0.25) is 4.79 Å². The number of para-hydroxylation sites is 2. The maximum atomic E-state index is 13.4. The third-order valence-corrected chi connectivity index (χ3v) is 7.13. The van der Waals surface area contributed by atoms with E-state index in [1.54, 1.807) is 11.3 Å². The number of nitrogens with zero attached hydrogens (tertiary/aromatic N) is 1. The standard InChI is InChI=1S/C29H26N2O3S/c1-18-8-5-9-19(2)27(18)31-25(32)17-34-29(33)26-22-12-3-4-14-24(22)30-28-20(10-6-13-23(26)28)16-21-11-7-15-35-21/h3-5,7-9,11-12,14-16H,6,10,13,17H2,1-2H3,(H,31,32). The smallest absolute Gasteiger partial charge is 0.339 e. The number of hydrogen-bond donors (Lipinski definition) is 1. The molecule has 0 bridgehead atoms. The lowest BCUT2D eigenvalue weighted by Gasteiger charge is -2.22. The first-order valence-corrected chi connectivity index (χ1v) is 12.6. The normalized spacial score (nSPS) is 14.1. The molecule has 1 aliphatic carbocycles. The van der Waals surface area contributed by atoms with Gasteiger partial charge in [0.05, 0.1) is 16.8 Å². The number of pyridine rings is 1. The fraction of sp³-hybridized carbons (Fsp3) is 0.207. The molecule has 0 fully saturated rings. The van der Waals surface area contributed by atoms with E-state index in [0.717, 1.165) is 68.7 Å². The lowest BCUT2D eigenvalue weighted by molar-refractivity contribution is -0.119. The average molecular weight is 483 g/mol. The second-order valence-electron chi connectivity index (χ2n) is 8.76. The van der Waals surface area contributed by atoms with Gasteiger partial charge in [0.25, 0.3) is 5.91 Å². The van der Waals surface area contributed by atoms with Crippen LogP contribution in [-0.2, 0) is 16.0 Å². The van der Waals surface area contributed by atoms with Gasteiger partial charge in [-0.05, 0) is 79.0 Å². The van der Waals surface area contributed by atoms with Gasteiger partial charge in [-0.2, -0.15) is 0 Å². The maximum absolute atomic E-state index is 13.4. The summed E-state index contributed by atoms with van der Waals surface area (Å²) in [6.07, 6.45) is 4.74. The fourth-order valence-corrected chi connectivity index (χ4v) is 5.33. The zero-order valence-corrected chi connectivity index (χ0v) is 20.6. The van der Waals surface area contributed by atoms with E-state index in [4.69, 9.17) is 9.72 Å². The number of anilines is 1. The average Bonchev–Trinajstić information content (AvgIpc) is 3.37. The Morgan fingerprint density at radius 1 is 1.03 bits per heavy atom. The number of carbonyl (C=O) groups excluding carboxylic acids is 2. The molecule has 2 heterocycles. The Hall–Kier alpha value is -3.77. The van der Waals surface area contributed by atoms with Crippen LogP contribution in [0, 0.1) is 13.8 Å². The Labute approximate surface area is 208 Å². The van der Waals surface area contributed by atoms with Crippen LogP contribution in [0.3, 0.4) is 0 Å². The molecule has 5 rings (SSSR count). The summed E-state index contributed by atoms with van der Waals surface area (Å²) in [6.45, 7) is 3.52. The van der Waals surface area contributed by atoms with Gasteiger partial charge in [-0.15, -0.1) is 11.3 Å². The minimum atomic E-state index is -0.492. The SMILES string of the molecule is Cc1cccc(C)c1NC(=O)COC(=O)c1c2c(nc3ccccc13)C(=Cc1cccs1)CCC2. The Morgan fingerprint density at radius 2 is 1.83 bits per heavy atom. The lowest BCUT2D eigenvalue weighted by atomic mass is 9.86. The molecule has 0 saturated heterocycles. The van der Waals surface area contributed by atoms with Gasteiger partial charge in [0.2, 0.25) is 0 Å². The molecule has 0 saturated carbocycles. The Kier molecular flexibility index (Phi) is 6.47. The van der Waals surface area contributed by atoms with Crippen molar-refractivity contribution in [2.45, 2.75) is 33.1 Å². The van der Waals surface area contributed by atoms with Crippen LogP contribution >= 0.6 is 11.3 Å². The first-order valence-electron chi connectivity index (χ1n) is 11.7. The van der Waals surface area contributed by atoms with Crippen LogP contribution < -0.4 is 5.32 Å². The second kappa shape index (κ2) is 9.84. The third-order valence-electron chi connectivity index (χ3n) is 6.31. The minimum Gasteiger partial charge on any atom is -0.452 e. The molecule has 0 atom stereocenters. The molecule has 6 heteroatoms. The van der Waals surface area contributed by atoms with Gasteiger partial charge in [0.1, 0.15) is 0 Å². The van der Waals surface area contributed by atoms with Crippen molar-refractivity contribution in [3.8, 4) is 0 Å². The van der Waals surface area contributed by atoms with E-state index >= 15 is 0 Å². The molecule has 2 aromatic carbocycles. The number of rotatable bonds is 5. The van der Waals surface area contributed by atoms with Gasteiger partial charge >= 0.3 is 5.97 Å². The van der Waals surface area contributed by atoms with E-state index in [-0.39, 0.29) is 12.5 Å². The summed E-state index contributed by atoms with van der Waals surface area (Å²) in [6, 6.07) is 17.5. The number of allylic oxidation sites excluding steroid dienone is 1. The molecule has 1 amide bonds. The molecular formula is C29H26N2O3S. The van der Waals surface area contributed by atoms with Crippen molar-refractivity contribution >= 4 is 51.5 Å². The summed E-state index contributed by atoms with van der Waals surface area (Å²) >= 11 is 1.68. The van der Waals surface area contributed by atoms with Crippen LogP contribution in [0.5, 0.6) is 0 Å². The van der Waals surface area contributed by atoms with Crippen molar-refractivity contribution in [2.75, 3.05) is 11.9 Å². The number of esters is 1. The molecule has 0 unspecified atom stereocenters. The number of aromatic nitrogens is 1. The number of nitrogens with one attached hydrogen (secondary N) is 1. The molecule has 176 valence electrons. The Morgan fingerprint density at radius 3 is 2.60 bits per heavy atom. The summed E-state index contributed by atoms with van der Waals surface area (Å²) in [4.78, 5) is 32.1. The topological polar surface area (TPSA) is 68.3 Å². The number of benzene rings is 2. The summed E-state index contributed by atoms with van der Waals surface area (Å²) in [5.74, 6) is -0.852. The number of thiophene rings is 1. The lowest BCUT2D eigenvalue weighted by Crippen LogP contribution is -2.23. The summed E-state index contributed by atoms with van der Waals surface area (Å²) in [5.41, 5.74) is 6.82. The van der Waals surface area contributed by atoms with Crippen LogP contribution in [0.25, 0.3) is 22.6 Å². The highest BCUT2D eigenvalue weighted by atomic mass is 32.1. The molecule has 1 aliphatic rings. The van der Waals surface area contributed by atoms with E-state index in [1.165, 1.54) is 0 Å². The predicted molar refractivity (Wildman–Crippen MR) is 142 cm³/mol. The number of hydrogen-bond acceptors (Lipinski definition) is 5. The van der Waals surface area contributed by atoms with Crippen molar-refractivity contribution < 1.29 is 14.3 Å². The molecule has 2 aromatic heterocycles. The number of fused-ring (bicyclic) bond motifs is 2. The van der Waals surface area contributed by atoms with Gasteiger partial charge in [0.15, 0.2) is 6.61 Å². The number of ether oxygens (including phenoxy) is 1. The van der Waals surface area contributed by atoms with E-state index in [2.05, 4.69) is 22.8 Å². The van der Waals surface area contributed by atoms with Gasteiger partial charge < -0.3 is 10.1 Å². The summed E-state index contributed by atoms with van der Waals surface area (Å²) < 4.78 is 5.56. The van der Waals surface area contributed by atoms with E-state index in [1.807, 2.05) is 62.4 Å². The van der Waals surface area contributed by atoms with Crippen LogP contribution in [0.15, 0.2) is 60.0 Å². The highest BCUT2D eigenvalue weighted by Crippen LogP contribution is 2.36. The van der Waals surface area contributed by atoms with Gasteiger partial charge in [-0.1, -0.05) is 42.5 Å². The minimum absolute atomic E-state index is 0.351. The van der Waals surface area contributed by atoms with Crippen molar-refractivity contribution in [2.24, 2.45) is 0 Å². The zero-order chi connectivity index (χ0) is 24.4. The van der Waals surface area contributed by atoms with Crippen LogP contribution in [0.4, 0.5) is 5.69 Å². The summed E-state index contributed by atoms with van der Waals surface area (Å²) in [7, 11) is 0. The number of aryl methyl sites for hydroxylation is 2. The van der Waals surface area contributed by atoms with Crippen molar-refractivity contribution in [1.82, 2.24) is 4.98 Å². The molecule has 35 heavy (non-hydrogen) atoms. The van der Waals surface area contributed by atoms with E-state index in [0.29, 0.717) is 5.56 Å². The maximum Gasteiger partial charge on any atom is 0.339 e. The van der Waals surface area contributed by atoms with E-state index < -0.39 is 5.97 Å². The zero-order valence-electron chi connectivity index (χ0n) is 19.8. The first-order chi connectivity index (χ1) is 17.0. The number of carbonyl (C=O) groups is 2. The van der Waals surface area contributed by atoms with Crippen molar-refractivity contribution in [3.05, 3.63) is 92.8 Å². The fourth-order valence-electron chi connectivity index (χ4n) is 4.64. The van der Waals surface area contributed by atoms with Gasteiger partial charge in [0, 0.05) is 16.0 Å². The number of amides is 1.